The van der Waals surface area contributed by atoms with Gasteiger partial charge in [-0.1, -0.05) is 0 Å². The van der Waals surface area contributed by atoms with Gasteiger partial charge in [-0.2, -0.15) is 0 Å². The van der Waals surface area contributed by atoms with E-state index in [1.54, 1.807) is 0 Å². The Bertz CT molecular complexity index is 6.00. The van der Waals surface area contributed by atoms with E-state index in [0.29, 0.717) is 0 Å². The van der Waals surface area contributed by atoms with Crippen molar-refractivity contribution in [3.8, 4) is 0 Å². The molecule has 0 aromatic rings. The molecule has 0 rings (SSSR count). The summed E-state index contributed by atoms with van der Waals surface area (Å²) < 4.78 is 0. The van der Waals surface area contributed by atoms with Crippen LogP contribution in [0.15, 0.2) is 0 Å². The third kappa shape index (κ3) is 9.58. The maximum Gasteiger partial charge on any atom is 0 e. The first-order valence-corrected chi connectivity index (χ1v) is 0. The molecule has 0 unspecified atom stereocenters. The first-order chi connectivity index (χ1) is 0. The third-order valence-electron chi connectivity index (χ3n) is 0. The zero-order chi connectivity index (χ0) is 0. The normalized spacial score (nSPS) is 0. The molecular formula is BaCa2Si. The SMILES string of the molecule is [Ba].[Ca].[Ca].[Si]. The maximum atomic E-state index is 0. The molecule has 10 valence electrons. The minimum Gasteiger partial charge on any atom is 0 e. The molecule has 0 aliphatic rings. The number of hydrogen-bond acceptors (Lipinski definition) is 0. The van der Waals surface area contributed by atoms with Crippen LogP contribution in [-0.4, -0.2) is 135 Å². The van der Waals surface area contributed by atoms with E-state index in [2.05, 4.69) is 0 Å². The predicted molar refractivity (Wildman–Crippen MR) is 23.0 cm³/mol. The van der Waals surface area contributed by atoms with Crippen molar-refractivity contribution in [2.75, 3.05) is 0 Å². The molecular weight excluding hydrogens is 246 g/mol. The van der Waals surface area contributed by atoms with E-state index in [9.17, 15) is 0 Å². The summed E-state index contributed by atoms with van der Waals surface area (Å²) >= 11 is 0. The topological polar surface area (TPSA) is 0 Å². The van der Waals surface area contributed by atoms with Crippen LogP contribution in [0.2, 0.25) is 0 Å². The Kier molecular flexibility index (Phi) is 93.7. The van der Waals surface area contributed by atoms with Gasteiger partial charge in [-0.3, -0.25) is 0 Å². The van der Waals surface area contributed by atoms with E-state index in [-0.39, 0.29) is 135 Å². The van der Waals surface area contributed by atoms with E-state index in [0.717, 1.165) is 0 Å². The predicted octanol–water partition coefficient (Wildman–Crippen LogP) is -1.52. The second kappa shape index (κ2) is 15.7. The molecule has 4 heteroatoms. The van der Waals surface area contributed by atoms with Crippen LogP contribution < -0.4 is 0 Å². The van der Waals surface area contributed by atoms with Crippen LogP contribution in [0.1, 0.15) is 0 Å². The molecule has 4 heavy (non-hydrogen) atoms. The molecule has 0 nitrogen and oxygen atoms in total. The summed E-state index contributed by atoms with van der Waals surface area (Å²) in [6.45, 7) is 0. The standard InChI is InChI=1S/Ba.2Ca.Si. The minimum atomic E-state index is 0. The molecule has 0 aliphatic carbocycles. The Labute approximate surface area is 131 Å². The minimum absolute atomic E-state index is 0. The molecule has 0 saturated heterocycles. The van der Waals surface area contributed by atoms with Gasteiger partial charge in [0.05, 0.1) is 0 Å². The maximum absolute atomic E-state index is 0. The molecule has 0 heterocycles. The van der Waals surface area contributed by atoms with Crippen LogP contribution in [0.4, 0.5) is 0 Å². The van der Waals surface area contributed by atoms with Crippen LogP contribution in [0.25, 0.3) is 0 Å². The van der Waals surface area contributed by atoms with E-state index in [1.807, 2.05) is 0 Å². The van der Waals surface area contributed by atoms with Gasteiger partial charge in [0.1, 0.15) is 0 Å². The molecule has 0 saturated carbocycles. The third-order valence-corrected chi connectivity index (χ3v) is 0. The van der Waals surface area contributed by atoms with E-state index < -0.39 is 0 Å². The second-order valence-electron chi connectivity index (χ2n) is 0. The summed E-state index contributed by atoms with van der Waals surface area (Å²) in [4.78, 5) is 0. The summed E-state index contributed by atoms with van der Waals surface area (Å²) in [5.74, 6) is 0. The monoisotopic (exact) mass is 246 g/mol. The molecule has 0 bridgehead atoms. The summed E-state index contributed by atoms with van der Waals surface area (Å²) in [6.07, 6.45) is 0. The van der Waals surface area contributed by atoms with Gasteiger partial charge in [-0.15, -0.1) is 0 Å². The number of hydrogen-bond donors (Lipinski definition) is 0. The molecule has 0 spiro atoms. The summed E-state index contributed by atoms with van der Waals surface area (Å²) in [7, 11) is 0. The van der Waals surface area contributed by atoms with Gasteiger partial charge in [0.25, 0.3) is 0 Å². The molecule has 0 aliphatic heterocycles. The van der Waals surface area contributed by atoms with Gasteiger partial charge in [0.15, 0.2) is 0 Å². The Balaban J connectivity index is 0. The average molecular weight is 246 g/mol. The van der Waals surface area contributed by atoms with Crippen molar-refractivity contribution in [1.29, 1.82) is 0 Å². The fourth-order valence-electron chi connectivity index (χ4n) is 0. The van der Waals surface area contributed by atoms with Crippen molar-refractivity contribution < 1.29 is 0 Å². The first kappa shape index (κ1) is 23.9. The van der Waals surface area contributed by atoms with Crippen molar-refractivity contribution in [3.63, 3.8) is 0 Å². The van der Waals surface area contributed by atoms with Crippen LogP contribution in [-0.2, 0) is 0 Å². The zero-order valence-electron chi connectivity index (χ0n) is 2.62. The van der Waals surface area contributed by atoms with Crippen molar-refractivity contribution in [2.24, 2.45) is 0 Å². The van der Waals surface area contributed by atoms with E-state index in [4.69, 9.17) is 0 Å². The molecule has 0 fully saturated rings. The van der Waals surface area contributed by atoms with Crippen molar-refractivity contribution in [1.82, 2.24) is 0 Å². The van der Waals surface area contributed by atoms with E-state index >= 15 is 0 Å². The quantitative estimate of drug-likeness (QED) is 0.455. The molecule has 0 aromatic heterocycles. The Morgan fingerprint density at radius 1 is 0.750 bits per heavy atom. The molecule has 0 N–H and O–H groups in total. The number of rotatable bonds is 0. The Morgan fingerprint density at radius 2 is 0.750 bits per heavy atom. The smallest absolute Gasteiger partial charge is 0 e. The average Bonchev–Trinajstić information content (AvgIpc) is 0. The van der Waals surface area contributed by atoms with Gasteiger partial charge in [-0.05, 0) is 0 Å². The Hall–Kier alpha value is 4.31. The molecule has 0 atom stereocenters. The summed E-state index contributed by atoms with van der Waals surface area (Å²) in [5.41, 5.74) is 0. The fraction of sp³-hybridized carbons (Fsp3) is 0. The van der Waals surface area contributed by atoms with Gasteiger partial charge in [0.2, 0.25) is 0 Å². The van der Waals surface area contributed by atoms with E-state index in [1.165, 1.54) is 0 Å². The van der Waals surface area contributed by atoms with Crippen molar-refractivity contribution >= 4 is 135 Å². The van der Waals surface area contributed by atoms with Gasteiger partial charge in [0, 0.05) is 135 Å². The molecule has 10 radical (unpaired) electrons. The van der Waals surface area contributed by atoms with Crippen molar-refractivity contribution in [3.05, 3.63) is 0 Å². The fourth-order valence-corrected chi connectivity index (χ4v) is 0. The van der Waals surface area contributed by atoms with Gasteiger partial charge < -0.3 is 0 Å². The van der Waals surface area contributed by atoms with Gasteiger partial charge in [-0.25, -0.2) is 0 Å². The second-order valence-corrected chi connectivity index (χ2v) is 0. The van der Waals surface area contributed by atoms with Gasteiger partial charge >= 0.3 is 0 Å². The summed E-state index contributed by atoms with van der Waals surface area (Å²) in [5, 5.41) is 0. The van der Waals surface area contributed by atoms with Crippen LogP contribution in [0.3, 0.4) is 0 Å². The zero-order valence-corrected chi connectivity index (χ0v) is 12.5. The summed E-state index contributed by atoms with van der Waals surface area (Å²) in [6, 6.07) is 0. The van der Waals surface area contributed by atoms with Crippen LogP contribution in [0.5, 0.6) is 0 Å². The molecule has 0 amide bonds. The Morgan fingerprint density at radius 3 is 0.750 bits per heavy atom. The molecule has 0 aromatic carbocycles. The first-order valence-electron chi connectivity index (χ1n) is 0. The van der Waals surface area contributed by atoms with Crippen LogP contribution >= 0.6 is 0 Å². The van der Waals surface area contributed by atoms with Crippen LogP contribution in [0, 0.1) is 0 Å². The van der Waals surface area contributed by atoms with Crippen molar-refractivity contribution in [2.45, 2.75) is 0 Å². The largest absolute Gasteiger partial charge is 0 e.